The number of fused-ring (bicyclic) bond motifs is 1. The lowest BCUT2D eigenvalue weighted by Gasteiger charge is -2.36. The lowest BCUT2D eigenvalue weighted by Crippen LogP contribution is -2.55. The Morgan fingerprint density at radius 1 is 1.13 bits per heavy atom. The third kappa shape index (κ3) is 5.79. The molecule has 1 heterocycles. The van der Waals surface area contributed by atoms with Gasteiger partial charge in [0.05, 0.1) is 18.7 Å². The van der Waals surface area contributed by atoms with Crippen LogP contribution < -0.4 is 5.32 Å². The molecule has 3 atom stereocenters. The maximum absolute atomic E-state index is 13.2. The second-order valence-electron chi connectivity index (χ2n) is 7.86. The molecule has 1 aliphatic heterocycles. The second kappa shape index (κ2) is 10.9. The molecule has 1 N–H and O–H groups in total. The van der Waals surface area contributed by atoms with E-state index in [1.807, 2.05) is 54.6 Å². The SMILES string of the molecule is CCOC(=O)C(CCc1ccccc1)NC(C)C(=O)N1Cc2ccccc2CC1C=O. The molecule has 0 bridgehead atoms. The van der Waals surface area contributed by atoms with Crippen LogP contribution in [0.25, 0.3) is 0 Å². The van der Waals surface area contributed by atoms with Crippen LogP contribution in [0.3, 0.4) is 0 Å². The molecule has 0 saturated carbocycles. The van der Waals surface area contributed by atoms with Crippen molar-refractivity contribution in [1.82, 2.24) is 10.2 Å². The van der Waals surface area contributed by atoms with Crippen LogP contribution in [0.15, 0.2) is 54.6 Å². The monoisotopic (exact) mass is 422 g/mol. The lowest BCUT2D eigenvalue weighted by molar-refractivity contribution is -0.147. The van der Waals surface area contributed by atoms with Crippen LogP contribution in [-0.4, -0.2) is 47.8 Å². The molecule has 3 unspecified atom stereocenters. The predicted octanol–water partition coefficient (Wildman–Crippen LogP) is 2.68. The van der Waals surface area contributed by atoms with E-state index in [9.17, 15) is 14.4 Å². The summed E-state index contributed by atoms with van der Waals surface area (Å²) < 4.78 is 5.22. The van der Waals surface area contributed by atoms with Crippen molar-refractivity contribution >= 4 is 18.2 Å². The Morgan fingerprint density at radius 3 is 2.48 bits per heavy atom. The molecule has 3 rings (SSSR count). The smallest absolute Gasteiger partial charge is 0.323 e. The highest BCUT2D eigenvalue weighted by Crippen LogP contribution is 2.23. The van der Waals surface area contributed by atoms with E-state index in [1.54, 1.807) is 18.7 Å². The minimum absolute atomic E-state index is 0.194. The van der Waals surface area contributed by atoms with E-state index in [4.69, 9.17) is 4.74 Å². The van der Waals surface area contributed by atoms with Gasteiger partial charge >= 0.3 is 5.97 Å². The number of rotatable bonds is 9. The van der Waals surface area contributed by atoms with Gasteiger partial charge < -0.3 is 14.4 Å². The number of ether oxygens (including phenoxy) is 1. The topological polar surface area (TPSA) is 75.7 Å². The number of aryl methyl sites for hydroxylation is 1. The molecule has 0 aliphatic carbocycles. The fourth-order valence-corrected chi connectivity index (χ4v) is 4.00. The van der Waals surface area contributed by atoms with Crippen molar-refractivity contribution in [2.24, 2.45) is 0 Å². The van der Waals surface area contributed by atoms with E-state index in [0.29, 0.717) is 25.8 Å². The van der Waals surface area contributed by atoms with Crippen molar-refractivity contribution in [1.29, 1.82) is 0 Å². The zero-order chi connectivity index (χ0) is 22.2. The number of benzene rings is 2. The first-order valence-electron chi connectivity index (χ1n) is 10.8. The van der Waals surface area contributed by atoms with Gasteiger partial charge in [-0.15, -0.1) is 0 Å². The summed E-state index contributed by atoms with van der Waals surface area (Å²) in [6, 6.07) is 16.0. The summed E-state index contributed by atoms with van der Waals surface area (Å²) in [6.07, 6.45) is 2.54. The first-order valence-corrected chi connectivity index (χ1v) is 10.8. The average Bonchev–Trinajstić information content (AvgIpc) is 2.80. The van der Waals surface area contributed by atoms with Gasteiger partial charge in [-0.2, -0.15) is 0 Å². The summed E-state index contributed by atoms with van der Waals surface area (Å²) in [5.74, 6) is -0.561. The maximum Gasteiger partial charge on any atom is 0.323 e. The third-order valence-corrected chi connectivity index (χ3v) is 5.69. The van der Waals surface area contributed by atoms with Crippen molar-refractivity contribution in [2.75, 3.05) is 6.61 Å². The first kappa shape index (κ1) is 22.7. The number of nitrogens with zero attached hydrogens (tertiary/aromatic N) is 1. The summed E-state index contributed by atoms with van der Waals surface area (Å²) in [7, 11) is 0. The molecule has 0 fully saturated rings. The van der Waals surface area contributed by atoms with Crippen LogP contribution in [0.2, 0.25) is 0 Å². The molecular formula is C25H30N2O4. The van der Waals surface area contributed by atoms with Gasteiger partial charge in [0.15, 0.2) is 0 Å². The van der Waals surface area contributed by atoms with Crippen LogP contribution >= 0.6 is 0 Å². The highest BCUT2D eigenvalue weighted by molar-refractivity contribution is 5.86. The Morgan fingerprint density at radius 2 is 1.81 bits per heavy atom. The van der Waals surface area contributed by atoms with E-state index in [2.05, 4.69) is 5.32 Å². The van der Waals surface area contributed by atoms with Crippen molar-refractivity contribution in [3.8, 4) is 0 Å². The molecular weight excluding hydrogens is 392 g/mol. The number of esters is 1. The number of aldehydes is 1. The number of hydrogen-bond acceptors (Lipinski definition) is 5. The number of hydrogen-bond donors (Lipinski definition) is 1. The summed E-state index contributed by atoms with van der Waals surface area (Å²) >= 11 is 0. The number of carbonyl (C=O) groups excluding carboxylic acids is 3. The van der Waals surface area contributed by atoms with Crippen LogP contribution in [0.5, 0.6) is 0 Å². The molecule has 1 aliphatic rings. The van der Waals surface area contributed by atoms with E-state index in [1.165, 1.54) is 0 Å². The Kier molecular flexibility index (Phi) is 7.95. The summed E-state index contributed by atoms with van der Waals surface area (Å²) in [5.41, 5.74) is 3.26. The summed E-state index contributed by atoms with van der Waals surface area (Å²) in [6.45, 7) is 4.17. The van der Waals surface area contributed by atoms with Gasteiger partial charge in [-0.25, -0.2) is 0 Å². The quantitative estimate of drug-likeness (QED) is 0.497. The zero-order valence-electron chi connectivity index (χ0n) is 18.1. The molecule has 2 aromatic carbocycles. The largest absolute Gasteiger partial charge is 0.465 e. The lowest BCUT2D eigenvalue weighted by atomic mass is 9.94. The molecule has 0 spiro atoms. The normalized spacial score (nSPS) is 17.4. The Balaban J connectivity index is 1.69. The fourth-order valence-electron chi connectivity index (χ4n) is 4.00. The molecule has 0 radical (unpaired) electrons. The molecule has 164 valence electrons. The van der Waals surface area contributed by atoms with E-state index in [-0.39, 0.29) is 18.5 Å². The van der Waals surface area contributed by atoms with Gasteiger partial charge in [0.2, 0.25) is 5.91 Å². The van der Waals surface area contributed by atoms with Gasteiger partial charge in [-0.3, -0.25) is 14.9 Å². The van der Waals surface area contributed by atoms with E-state index >= 15 is 0 Å². The first-order chi connectivity index (χ1) is 15.0. The molecule has 1 amide bonds. The van der Waals surface area contributed by atoms with Gasteiger partial charge in [-0.1, -0.05) is 54.6 Å². The summed E-state index contributed by atoms with van der Waals surface area (Å²) in [5, 5.41) is 3.16. The van der Waals surface area contributed by atoms with Gasteiger partial charge in [0.1, 0.15) is 12.3 Å². The second-order valence-corrected chi connectivity index (χ2v) is 7.86. The molecule has 0 saturated heterocycles. The van der Waals surface area contributed by atoms with Gasteiger partial charge in [-0.05, 0) is 43.4 Å². The highest BCUT2D eigenvalue weighted by Gasteiger charge is 2.33. The van der Waals surface area contributed by atoms with Gasteiger partial charge in [0, 0.05) is 13.0 Å². The zero-order valence-corrected chi connectivity index (χ0v) is 18.1. The van der Waals surface area contributed by atoms with Crippen molar-refractivity contribution in [2.45, 2.75) is 57.8 Å². The van der Waals surface area contributed by atoms with Gasteiger partial charge in [0.25, 0.3) is 0 Å². The predicted molar refractivity (Wildman–Crippen MR) is 118 cm³/mol. The Hall–Kier alpha value is -2.99. The van der Waals surface area contributed by atoms with Crippen LogP contribution in [0, 0.1) is 0 Å². The standard InChI is InChI=1S/C25H30N2O4/c1-3-31-25(30)23(14-13-19-9-5-4-6-10-19)26-18(2)24(29)27-16-21-12-8-7-11-20(21)15-22(27)17-28/h4-12,17-18,22-23,26H,3,13-16H2,1-2H3. The average molecular weight is 423 g/mol. The number of amides is 1. The molecule has 0 aromatic heterocycles. The number of carbonyl (C=O) groups is 3. The molecule has 6 nitrogen and oxygen atoms in total. The number of nitrogens with one attached hydrogen (secondary N) is 1. The Bertz CT molecular complexity index is 899. The van der Waals surface area contributed by atoms with Crippen molar-refractivity contribution < 1.29 is 19.1 Å². The van der Waals surface area contributed by atoms with Crippen LogP contribution in [0.4, 0.5) is 0 Å². The minimum Gasteiger partial charge on any atom is -0.465 e. The molecule has 6 heteroatoms. The minimum atomic E-state index is -0.627. The molecule has 31 heavy (non-hydrogen) atoms. The fraction of sp³-hybridized carbons (Fsp3) is 0.400. The summed E-state index contributed by atoms with van der Waals surface area (Å²) in [4.78, 5) is 39.0. The van der Waals surface area contributed by atoms with Crippen LogP contribution in [-0.2, 0) is 38.5 Å². The maximum atomic E-state index is 13.2. The third-order valence-electron chi connectivity index (χ3n) is 5.69. The van der Waals surface area contributed by atoms with Crippen LogP contribution in [0.1, 0.15) is 37.0 Å². The van der Waals surface area contributed by atoms with Crippen molar-refractivity contribution in [3.63, 3.8) is 0 Å². The van der Waals surface area contributed by atoms with Crippen molar-refractivity contribution in [3.05, 3.63) is 71.3 Å². The van der Waals surface area contributed by atoms with E-state index < -0.39 is 18.1 Å². The molecule has 2 aromatic rings. The highest BCUT2D eigenvalue weighted by atomic mass is 16.5. The van der Waals surface area contributed by atoms with E-state index in [0.717, 1.165) is 23.0 Å². The Labute approximate surface area is 183 Å².